The number of likely N-dealkylation sites (tertiary alicyclic amines) is 1. The molecule has 1 aromatic heterocycles. The first-order chi connectivity index (χ1) is 22.7. The molecule has 2 aromatic carbocycles. The molecular formula is C34H38N6O6S. The molecule has 4 heterocycles. The second-order valence-electron chi connectivity index (χ2n) is 11.8. The molecule has 2 amide bonds. The number of hydrogen-bond donors (Lipinski definition) is 0. The minimum absolute atomic E-state index is 0.00773. The van der Waals surface area contributed by atoms with Crippen molar-refractivity contribution in [1.29, 1.82) is 5.26 Å². The number of nitrogens with zero attached hydrogens (tertiary/aromatic N) is 6. The minimum Gasteiger partial charge on any atom is -0.478 e. The molecule has 0 aliphatic carbocycles. The molecule has 0 spiro atoms. The molecule has 2 saturated heterocycles. The van der Waals surface area contributed by atoms with Crippen LogP contribution in [0, 0.1) is 11.3 Å². The zero-order chi connectivity index (χ0) is 33.2. The van der Waals surface area contributed by atoms with E-state index in [1.54, 1.807) is 36.1 Å². The molecule has 6 rings (SSSR count). The smallest absolute Gasteiger partial charge is 0.411 e. The first-order valence-corrected chi connectivity index (χ1v) is 17.4. The van der Waals surface area contributed by atoms with Crippen molar-refractivity contribution in [3.63, 3.8) is 0 Å². The summed E-state index contributed by atoms with van der Waals surface area (Å²) < 4.78 is 41.1. The van der Waals surface area contributed by atoms with Crippen molar-refractivity contribution in [3.05, 3.63) is 83.6 Å². The van der Waals surface area contributed by atoms with Gasteiger partial charge in [-0.1, -0.05) is 25.1 Å². The molecule has 0 saturated carbocycles. The van der Waals surface area contributed by atoms with Crippen LogP contribution >= 0.6 is 0 Å². The number of ether oxygens (including phenoxy) is 2. The Kier molecular flexibility index (Phi) is 9.18. The molecule has 3 aliphatic heterocycles. The van der Waals surface area contributed by atoms with E-state index in [9.17, 15) is 23.3 Å². The van der Waals surface area contributed by atoms with E-state index in [2.05, 4.69) is 27.8 Å². The number of likely N-dealkylation sites (N-methyl/N-ethyl adjacent to an activating group) is 1. The molecule has 246 valence electrons. The number of nitriles is 1. The molecular weight excluding hydrogens is 620 g/mol. The normalized spacial score (nSPS) is 20.9. The van der Waals surface area contributed by atoms with Gasteiger partial charge in [0.25, 0.3) is 21.5 Å². The van der Waals surface area contributed by atoms with Gasteiger partial charge in [0, 0.05) is 57.1 Å². The van der Waals surface area contributed by atoms with E-state index in [1.807, 2.05) is 0 Å². The lowest BCUT2D eigenvalue weighted by molar-refractivity contribution is -0.132. The average Bonchev–Trinajstić information content (AvgIpc) is 3.36. The summed E-state index contributed by atoms with van der Waals surface area (Å²) in [4.78, 5) is 39.7. The summed E-state index contributed by atoms with van der Waals surface area (Å²) in [5.41, 5.74) is -2.09. The third-order valence-corrected chi connectivity index (χ3v) is 11.0. The number of aromatic nitrogens is 1. The van der Waals surface area contributed by atoms with Crippen LogP contribution in [0.1, 0.15) is 43.4 Å². The van der Waals surface area contributed by atoms with Gasteiger partial charge >= 0.3 is 6.09 Å². The van der Waals surface area contributed by atoms with Crippen molar-refractivity contribution in [3.8, 4) is 11.9 Å². The zero-order valence-electron chi connectivity index (χ0n) is 26.5. The lowest BCUT2D eigenvalue weighted by Gasteiger charge is -2.42. The van der Waals surface area contributed by atoms with E-state index in [4.69, 9.17) is 9.47 Å². The predicted molar refractivity (Wildman–Crippen MR) is 173 cm³/mol. The van der Waals surface area contributed by atoms with Crippen molar-refractivity contribution in [2.75, 3.05) is 56.7 Å². The van der Waals surface area contributed by atoms with Gasteiger partial charge < -0.3 is 19.3 Å². The summed E-state index contributed by atoms with van der Waals surface area (Å²) in [5.74, 6) is -1.02. The first-order valence-electron chi connectivity index (χ1n) is 16.0. The average molecular weight is 659 g/mol. The van der Waals surface area contributed by atoms with Crippen LogP contribution in [0.3, 0.4) is 0 Å². The van der Waals surface area contributed by atoms with Crippen LogP contribution in [-0.4, -0.2) is 98.6 Å². The monoisotopic (exact) mass is 658 g/mol. The maximum atomic E-state index is 14.9. The van der Waals surface area contributed by atoms with Crippen LogP contribution in [0.15, 0.2) is 71.8 Å². The van der Waals surface area contributed by atoms with Gasteiger partial charge in [0.1, 0.15) is 0 Å². The number of piperidine rings is 1. The standard InChI is InChI=1S/C34H38N6O6S/c1-3-37-19-21-38(22-20-37)26-14-17-39(18-15-26)33(42)46-34(28-11-8-16-36-31(28)45-4-2)29-23-25(24-35)12-13-30(29)40(32(34)41)47(43,44)27-9-6-5-7-10-27/h5-13,16,23,26H,3-4,14-15,17-22H2,1-2H3. The minimum atomic E-state index is -4.49. The molecule has 0 bridgehead atoms. The Morgan fingerprint density at radius 2 is 1.70 bits per heavy atom. The first kappa shape index (κ1) is 32.4. The van der Waals surface area contributed by atoms with Crippen molar-refractivity contribution in [2.24, 2.45) is 0 Å². The Hall–Kier alpha value is -4.51. The van der Waals surface area contributed by atoms with Crippen molar-refractivity contribution >= 4 is 27.7 Å². The Bertz CT molecular complexity index is 1780. The molecule has 47 heavy (non-hydrogen) atoms. The van der Waals surface area contributed by atoms with Crippen molar-refractivity contribution in [2.45, 2.75) is 43.2 Å². The van der Waals surface area contributed by atoms with E-state index in [0.717, 1.165) is 45.6 Å². The molecule has 0 N–H and O–H groups in total. The Balaban J connectivity index is 1.40. The highest BCUT2D eigenvalue weighted by Crippen LogP contribution is 2.51. The van der Waals surface area contributed by atoms with Gasteiger partial charge in [0.05, 0.1) is 34.4 Å². The molecule has 2 fully saturated rings. The fraction of sp³-hybridized carbons (Fsp3) is 0.412. The van der Waals surface area contributed by atoms with Gasteiger partial charge in [0.15, 0.2) is 0 Å². The molecule has 3 aliphatic rings. The summed E-state index contributed by atoms with van der Waals surface area (Å²) in [5, 5.41) is 9.84. The fourth-order valence-corrected chi connectivity index (χ4v) is 8.22. The number of fused-ring (bicyclic) bond motifs is 1. The number of hydrogen-bond acceptors (Lipinski definition) is 10. The van der Waals surface area contributed by atoms with Gasteiger partial charge in [-0.2, -0.15) is 9.57 Å². The summed E-state index contributed by atoms with van der Waals surface area (Å²) in [6, 6.07) is 17.3. The number of piperazine rings is 1. The largest absolute Gasteiger partial charge is 0.478 e. The molecule has 12 nitrogen and oxygen atoms in total. The van der Waals surface area contributed by atoms with Crippen molar-refractivity contribution in [1.82, 2.24) is 19.7 Å². The summed E-state index contributed by atoms with van der Waals surface area (Å²) in [7, 11) is -4.49. The van der Waals surface area contributed by atoms with Gasteiger partial charge in [-0.05, 0) is 68.8 Å². The Morgan fingerprint density at radius 1 is 0.979 bits per heavy atom. The zero-order valence-corrected chi connectivity index (χ0v) is 27.4. The van der Waals surface area contributed by atoms with E-state index < -0.39 is 27.6 Å². The maximum Gasteiger partial charge on any atom is 0.411 e. The number of rotatable bonds is 8. The van der Waals surface area contributed by atoms with Crippen LogP contribution in [0.25, 0.3) is 0 Å². The van der Waals surface area contributed by atoms with Crippen LogP contribution in [0.5, 0.6) is 5.88 Å². The Morgan fingerprint density at radius 3 is 2.36 bits per heavy atom. The fourth-order valence-electron chi connectivity index (χ4n) is 6.75. The second kappa shape index (κ2) is 13.3. The molecule has 1 unspecified atom stereocenters. The number of pyridine rings is 1. The second-order valence-corrected chi connectivity index (χ2v) is 13.5. The summed E-state index contributed by atoms with van der Waals surface area (Å²) in [6.45, 7) is 9.93. The maximum absolute atomic E-state index is 14.9. The van der Waals surface area contributed by atoms with Gasteiger partial charge in [-0.3, -0.25) is 9.69 Å². The van der Waals surface area contributed by atoms with E-state index >= 15 is 0 Å². The van der Waals surface area contributed by atoms with Crippen molar-refractivity contribution < 1.29 is 27.5 Å². The van der Waals surface area contributed by atoms with Gasteiger partial charge in [0.2, 0.25) is 5.88 Å². The predicted octanol–water partition coefficient (Wildman–Crippen LogP) is 3.57. The highest BCUT2D eigenvalue weighted by Gasteiger charge is 2.61. The SMILES string of the molecule is CCOc1ncccc1C1(OC(=O)N2CCC(N3CCN(CC)CC3)CC2)C(=O)N(S(=O)(=O)c2ccccc2)c2ccc(C#N)cc21. The van der Waals surface area contributed by atoms with Crippen LogP contribution < -0.4 is 9.04 Å². The third kappa shape index (κ3) is 5.81. The van der Waals surface area contributed by atoms with Crippen LogP contribution in [0.4, 0.5) is 10.5 Å². The Labute approximate surface area is 275 Å². The quantitative estimate of drug-likeness (QED) is 0.353. The highest BCUT2D eigenvalue weighted by molar-refractivity contribution is 7.93. The van der Waals surface area contributed by atoms with Gasteiger partial charge in [-0.25, -0.2) is 18.2 Å². The number of benzene rings is 2. The number of carbonyl (C=O) groups excluding carboxylic acids is 2. The van der Waals surface area contributed by atoms with Crippen LogP contribution in [0.2, 0.25) is 0 Å². The summed E-state index contributed by atoms with van der Waals surface area (Å²) in [6.07, 6.45) is 2.18. The number of amides is 2. The molecule has 13 heteroatoms. The molecule has 1 atom stereocenters. The van der Waals surface area contributed by atoms with E-state index in [0.29, 0.717) is 23.4 Å². The van der Waals surface area contributed by atoms with E-state index in [-0.39, 0.29) is 39.8 Å². The molecule has 3 aromatic rings. The summed E-state index contributed by atoms with van der Waals surface area (Å²) >= 11 is 0. The van der Waals surface area contributed by atoms with Gasteiger partial charge in [-0.15, -0.1) is 0 Å². The number of anilines is 1. The number of carbonyl (C=O) groups is 2. The highest BCUT2D eigenvalue weighted by atomic mass is 32.2. The number of sulfonamides is 1. The lowest BCUT2D eigenvalue weighted by atomic mass is 9.87. The lowest BCUT2D eigenvalue weighted by Crippen LogP contribution is -2.54. The van der Waals surface area contributed by atoms with Crippen LogP contribution in [-0.2, 0) is 25.2 Å². The van der Waals surface area contributed by atoms with E-state index in [1.165, 1.54) is 42.6 Å². The topological polar surface area (TPSA) is 136 Å². The molecule has 0 radical (unpaired) electrons. The third-order valence-electron chi connectivity index (χ3n) is 9.26.